The predicted molar refractivity (Wildman–Crippen MR) is 66.5 cm³/mol. The molecule has 0 bridgehead atoms. The minimum absolute atomic E-state index is 0.561. The first-order valence-electron chi connectivity index (χ1n) is 5.24. The fourth-order valence-corrected chi connectivity index (χ4v) is 1.54. The van der Waals surface area contributed by atoms with Crippen LogP contribution in [0, 0.1) is 0 Å². The number of pyridine rings is 1. The van der Waals surface area contributed by atoms with Crippen molar-refractivity contribution in [3.8, 4) is 0 Å². The second-order valence-electron chi connectivity index (χ2n) is 3.54. The predicted octanol–water partition coefficient (Wildman–Crippen LogP) is 2.90. The Morgan fingerprint density at radius 2 is 2.38 bits per heavy atom. The molecule has 0 aliphatic heterocycles. The summed E-state index contributed by atoms with van der Waals surface area (Å²) in [5, 5.41) is 11.9. The van der Waals surface area contributed by atoms with Gasteiger partial charge in [0.25, 0.3) is 0 Å². The molecule has 0 radical (unpaired) electrons. The van der Waals surface area contributed by atoms with Crippen molar-refractivity contribution in [1.29, 1.82) is 0 Å². The molecule has 1 heterocycles. The summed E-state index contributed by atoms with van der Waals surface area (Å²) in [7, 11) is 0. The average Bonchev–Trinajstić information content (AvgIpc) is 2.26. The number of nitrogens with zero attached hydrogens (tertiary/aromatic N) is 1. The third kappa shape index (κ3) is 4.18. The monoisotopic (exact) mass is 286 g/mol. The molecule has 16 heavy (non-hydrogen) atoms. The highest BCUT2D eigenvalue weighted by atomic mass is 79.9. The number of aromatic nitrogens is 1. The van der Waals surface area contributed by atoms with Gasteiger partial charge in [0.2, 0.25) is 0 Å². The number of carbonyl (C=O) groups is 1. The van der Waals surface area contributed by atoms with Crippen LogP contribution < -0.4 is 5.32 Å². The molecule has 2 N–H and O–H groups in total. The lowest BCUT2D eigenvalue weighted by atomic mass is 10.1. The van der Waals surface area contributed by atoms with Crippen LogP contribution in [0.25, 0.3) is 0 Å². The van der Waals surface area contributed by atoms with Crippen molar-refractivity contribution in [2.75, 3.05) is 5.32 Å². The number of anilines is 1. The minimum atomic E-state index is -0.835. The number of aliphatic carboxylic acids is 1. The van der Waals surface area contributed by atoms with E-state index < -0.39 is 12.0 Å². The van der Waals surface area contributed by atoms with Gasteiger partial charge in [0.15, 0.2) is 0 Å². The van der Waals surface area contributed by atoms with E-state index in [1.807, 2.05) is 13.0 Å². The summed E-state index contributed by atoms with van der Waals surface area (Å²) in [4.78, 5) is 15.1. The Bertz CT molecular complexity index is 340. The Kier molecular flexibility index (Phi) is 5.25. The number of nitrogens with one attached hydrogen (secondary N) is 1. The highest BCUT2D eigenvalue weighted by molar-refractivity contribution is 9.10. The number of carboxylic acid groups (broad SMARTS) is 1. The number of rotatable bonds is 6. The first-order chi connectivity index (χ1) is 7.63. The third-order valence-corrected chi connectivity index (χ3v) is 2.66. The Morgan fingerprint density at radius 3 is 2.88 bits per heavy atom. The molecule has 4 nitrogen and oxygen atoms in total. The number of hydrogen-bond donors (Lipinski definition) is 2. The molecule has 88 valence electrons. The van der Waals surface area contributed by atoms with Gasteiger partial charge in [0, 0.05) is 10.7 Å². The second kappa shape index (κ2) is 6.48. The molecule has 0 aliphatic rings. The molecule has 0 aliphatic carbocycles. The molecule has 1 rings (SSSR count). The normalized spacial score (nSPS) is 12.1. The van der Waals surface area contributed by atoms with E-state index >= 15 is 0 Å². The van der Waals surface area contributed by atoms with Gasteiger partial charge in [-0.15, -0.1) is 0 Å². The molecule has 5 heteroatoms. The van der Waals surface area contributed by atoms with Crippen molar-refractivity contribution in [2.45, 2.75) is 32.2 Å². The van der Waals surface area contributed by atoms with Crippen LogP contribution in [0.5, 0.6) is 0 Å². The van der Waals surface area contributed by atoms with Crippen LogP contribution in [0.2, 0.25) is 0 Å². The van der Waals surface area contributed by atoms with E-state index in [2.05, 4.69) is 26.2 Å². The molecular weight excluding hydrogens is 272 g/mol. The van der Waals surface area contributed by atoms with E-state index in [0.717, 1.165) is 17.3 Å². The Balaban J connectivity index is 2.60. The molecular formula is C11H15BrN2O2. The van der Waals surface area contributed by atoms with E-state index in [4.69, 9.17) is 5.11 Å². The van der Waals surface area contributed by atoms with Gasteiger partial charge in [-0.3, -0.25) is 0 Å². The van der Waals surface area contributed by atoms with Crippen molar-refractivity contribution >= 4 is 27.7 Å². The van der Waals surface area contributed by atoms with Gasteiger partial charge in [0.1, 0.15) is 11.9 Å². The lowest BCUT2D eigenvalue weighted by Gasteiger charge is -2.14. The van der Waals surface area contributed by atoms with Crippen LogP contribution in [0.15, 0.2) is 22.8 Å². The van der Waals surface area contributed by atoms with Crippen LogP contribution >= 0.6 is 15.9 Å². The highest BCUT2D eigenvalue weighted by Crippen LogP contribution is 2.13. The number of carboxylic acids is 1. The van der Waals surface area contributed by atoms with Gasteiger partial charge >= 0.3 is 5.97 Å². The Labute approximate surface area is 103 Å². The van der Waals surface area contributed by atoms with Crippen molar-refractivity contribution in [3.05, 3.63) is 22.8 Å². The molecule has 0 amide bonds. The zero-order valence-electron chi connectivity index (χ0n) is 9.11. The van der Waals surface area contributed by atoms with Gasteiger partial charge < -0.3 is 10.4 Å². The van der Waals surface area contributed by atoms with E-state index in [1.54, 1.807) is 12.3 Å². The first-order valence-corrected chi connectivity index (χ1v) is 6.03. The fraction of sp³-hybridized carbons (Fsp3) is 0.455. The van der Waals surface area contributed by atoms with Crippen LogP contribution in [0.1, 0.15) is 26.2 Å². The molecule has 1 atom stereocenters. The summed E-state index contributed by atoms with van der Waals surface area (Å²) in [6.07, 6.45) is 4.13. The van der Waals surface area contributed by atoms with Gasteiger partial charge in [-0.05, 0) is 34.5 Å². The molecule has 0 saturated heterocycles. The number of hydrogen-bond acceptors (Lipinski definition) is 3. The molecule has 0 aromatic carbocycles. The van der Waals surface area contributed by atoms with Crippen molar-refractivity contribution in [3.63, 3.8) is 0 Å². The van der Waals surface area contributed by atoms with Crippen molar-refractivity contribution in [1.82, 2.24) is 4.98 Å². The van der Waals surface area contributed by atoms with Gasteiger partial charge in [-0.1, -0.05) is 19.8 Å². The van der Waals surface area contributed by atoms with Crippen LogP contribution in [0.3, 0.4) is 0 Å². The molecule has 0 unspecified atom stereocenters. The van der Waals surface area contributed by atoms with Crippen LogP contribution in [0.4, 0.5) is 5.82 Å². The maximum Gasteiger partial charge on any atom is 0.326 e. The molecule has 0 fully saturated rings. The zero-order chi connectivity index (χ0) is 12.0. The zero-order valence-corrected chi connectivity index (χ0v) is 10.7. The third-order valence-electron chi connectivity index (χ3n) is 2.19. The van der Waals surface area contributed by atoms with E-state index in [9.17, 15) is 4.79 Å². The maximum atomic E-state index is 11.0. The average molecular weight is 287 g/mol. The molecule has 0 saturated carbocycles. The lowest BCUT2D eigenvalue weighted by molar-refractivity contribution is -0.138. The summed E-state index contributed by atoms with van der Waals surface area (Å²) >= 11 is 3.28. The SMILES string of the molecule is CCCC[C@H](Nc1ccc(Br)cn1)C(=O)O. The van der Waals surface area contributed by atoms with E-state index in [-0.39, 0.29) is 0 Å². The van der Waals surface area contributed by atoms with Crippen molar-refractivity contribution in [2.24, 2.45) is 0 Å². The number of unbranched alkanes of at least 4 members (excludes halogenated alkanes) is 1. The topological polar surface area (TPSA) is 62.2 Å². The minimum Gasteiger partial charge on any atom is -0.480 e. The highest BCUT2D eigenvalue weighted by Gasteiger charge is 2.16. The number of halogens is 1. The Hall–Kier alpha value is -1.10. The second-order valence-corrected chi connectivity index (χ2v) is 4.45. The quantitative estimate of drug-likeness (QED) is 0.844. The Morgan fingerprint density at radius 1 is 1.62 bits per heavy atom. The van der Waals surface area contributed by atoms with Gasteiger partial charge in [-0.25, -0.2) is 9.78 Å². The standard InChI is InChI=1S/C11H15BrN2O2/c1-2-3-4-9(11(15)16)14-10-6-5-8(12)7-13-10/h5-7,9H,2-4H2,1H3,(H,13,14)(H,15,16)/t9-/m0/s1. The van der Waals surface area contributed by atoms with Gasteiger partial charge in [0.05, 0.1) is 0 Å². The summed E-state index contributed by atoms with van der Waals surface area (Å²) in [5.41, 5.74) is 0. The fourth-order valence-electron chi connectivity index (χ4n) is 1.31. The smallest absolute Gasteiger partial charge is 0.326 e. The van der Waals surface area contributed by atoms with Crippen LogP contribution in [-0.2, 0) is 4.79 Å². The first kappa shape index (κ1) is 13.0. The largest absolute Gasteiger partial charge is 0.480 e. The van der Waals surface area contributed by atoms with E-state index in [0.29, 0.717) is 12.2 Å². The van der Waals surface area contributed by atoms with Crippen LogP contribution in [-0.4, -0.2) is 22.1 Å². The lowest BCUT2D eigenvalue weighted by Crippen LogP contribution is -2.29. The van der Waals surface area contributed by atoms with E-state index in [1.165, 1.54) is 0 Å². The molecule has 1 aromatic rings. The summed E-state index contributed by atoms with van der Waals surface area (Å²) in [5.74, 6) is -0.245. The summed E-state index contributed by atoms with van der Waals surface area (Å²) in [6, 6.07) is 3.02. The molecule has 1 aromatic heterocycles. The maximum absolute atomic E-state index is 11.0. The molecule has 0 spiro atoms. The van der Waals surface area contributed by atoms with Crippen molar-refractivity contribution < 1.29 is 9.90 Å². The summed E-state index contributed by atoms with van der Waals surface area (Å²) < 4.78 is 0.874. The van der Waals surface area contributed by atoms with Gasteiger partial charge in [-0.2, -0.15) is 0 Å². The summed E-state index contributed by atoms with van der Waals surface area (Å²) in [6.45, 7) is 2.04.